The van der Waals surface area contributed by atoms with Crippen LogP contribution in [-0.4, -0.2) is 19.1 Å². The lowest BCUT2D eigenvalue weighted by Gasteiger charge is -2.56. The fourth-order valence-corrected chi connectivity index (χ4v) is 7.78. The number of hydrogen-bond acceptors (Lipinski definition) is 4. The zero-order valence-electron chi connectivity index (χ0n) is 11.9. The third-order valence-corrected chi connectivity index (χ3v) is 8.53. The Morgan fingerprint density at radius 3 is 2.24 bits per heavy atom. The molecule has 4 nitrogen and oxygen atoms in total. The Kier molecular flexibility index (Phi) is 3.23. The lowest BCUT2D eigenvalue weighted by molar-refractivity contribution is -0.00807. The van der Waals surface area contributed by atoms with E-state index in [0.717, 1.165) is 37.0 Å². The fraction of sp³-hybridized carbons (Fsp3) is 0.733. The average Bonchev–Trinajstić information content (AvgIpc) is 2.85. The molecular weight excluding hydrogens is 306 g/mol. The number of rotatable bonds is 4. The van der Waals surface area contributed by atoms with Crippen LogP contribution in [0.3, 0.4) is 0 Å². The second-order valence-corrected chi connectivity index (χ2v) is 10.1. The van der Waals surface area contributed by atoms with Crippen molar-refractivity contribution in [2.75, 3.05) is 0 Å². The third-order valence-electron chi connectivity index (χ3n) is 5.47. The van der Waals surface area contributed by atoms with E-state index in [2.05, 4.69) is 4.72 Å². The van der Waals surface area contributed by atoms with E-state index in [1.807, 2.05) is 0 Å². The number of nitrogens with one attached hydrogen (secondary N) is 1. The van der Waals surface area contributed by atoms with Crippen molar-refractivity contribution in [2.45, 2.75) is 54.9 Å². The van der Waals surface area contributed by atoms with E-state index in [0.29, 0.717) is 9.77 Å². The summed E-state index contributed by atoms with van der Waals surface area (Å²) in [5.74, 6) is 2.15. The van der Waals surface area contributed by atoms with Gasteiger partial charge in [0, 0.05) is 5.54 Å². The molecule has 0 radical (unpaired) electrons. The van der Waals surface area contributed by atoms with Crippen LogP contribution < -0.4 is 4.72 Å². The standard InChI is InChI=1S/C15H21NO3S2/c17-8-13-4-14(20-9-13)21(18,19)16-15-5-10-1-11(6-15)3-12(2-10)7-15/h4,9-12,16-17H,1-3,5-8H2. The fourth-order valence-electron chi connectivity index (χ4n) is 5.15. The molecular formula is C15H21NO3S2. The molecule has 1 aromatic heterocycles. The zero-order chi connectivity index (χ0) is 14.7. The molecule has 0 aliphatic heterocycles. The molecule has 1 aromatic rings. The zero-order valence-corrected chi connectivity index (χ0v) is 13.5. The molecule has 5 rings (SSSR count). The minimum absolute atomic E-state index is 0.108. The van der Waals surface area contributed by atoms with Crippen molar-refractivity contribution in [1.29, 1.82) is 0 Å². The SMILES string of the molecule is O=S(=O)(NC12CC3CC(CC(C3)C1)C2)c1cc(CO)cs1. The van der Waals surface area contributed by atoms with Gasteiger partial charge in [-0.2, -0.15) is 0 Å². The first-order valence-corrected chi connectivity index (χ1v) is 10.1. The maximum Gasteiger partial charge on any atom is 0.250 e. The summed E-state index contributed by atoms with van der Waals surface area (Å²) < 4.78 is 28.7. The summed E-state index contributed by atoms with van der Waals surface area (Å²) in [6.45, 7) is -0.108. The highest BCUT2D eigenvalue weighted by Crippen LogP contribution is 2.56. The number of hydrogen-bond donors (Lipinski definition) is 2. The summed E-state index contributed by atoms with van der Waals surface area (Å²) in [5.41, 5.74) is 0.475. The van der Waals surface area contributed by atoms with Crippen molar-refractivity contribution in [3.8, 4) is 0 Å². The lowest BCUT2D eigenvalue weighted by atomic mass is 9.53. The van der Waals surface area contributed by atoms with Crippen molar-refractivity contribution < 1.29 is 13.5 Å². The molecule has 6 heteroatoms. The van der Waals surface area contributed by atoms with Crippen LogP contribution in [0.1, 0.15) is 44.1 Å². The van der Waals surface area contributed by atoms with Gasteiger partial charge in [-0.3, -0.25) is 0 Å². The van der Waals surface area contributed by atoms with Crippen molar-refractivity contribution in [3.05, 3.63) is 17.0 Å². The van der Waals surface area contributed by atoms with Crippen molar-refractivity contribution in [1.82, 2.24) is 4.72 Å². The topological polar surface area (TPSA) is 66.4 Å². The highest BCUT2D eigenvalue weighted by molar-refractivity contribution is 7.91. The van der Waals surface area contributed by atoms with Gasteiger partial charge in [0.1, 0.15) is 4.21 Å². The van der Waals surface area contributed by atoms with Gasteiger partial charge in [-0.1, -0.05) is 0 Å². The molecule has 116 valence electrons. The van der Waals surface area contributed by atoms with Crippen molar-refractivity contribution in [2.24, 2.45) is 17.8 Å². The van der Waals surface area contributed by atoms with E-state index in [-0.39, 0.29) is 12.1 Å². The minimum Gasteiger partial charge on any atom is -0.392 e. The summed E-state index contributed by atoms with van der Waals surface area (Å²) in [7, 11) is -3.45. The van der Waals surface area contributed by atoms with E-state index < -0.39 is 10.0 Å². The predicted octanol–water partition coefficient (Wildman–Crippen LogP) is 2.49. The Hall–Kier alpha value is -0.430. The van der Waals surface area contributed by atoms with Crippen LogP contribution in [0.5, 0.6) is 0 Å². The first kappa shape index (κ1) is 14.2. The normalized spacial score (nSPS) is 38.0. The van der Waals surface area contributed by atoms with Crippen LogP contribution in [0.4, 0.5) is 0 Å². The van der Waals surface area contributed by atoms with E-state index in [9.17, 15) is 8.42 Å². The monoisotopic (exact) mass is 327 g/mol. The quantitative estimate of drug-likeness (QED) is 0.893. The number of sulfonamides is 1. The molecule has 0 atom stereocenters. The molecule has 21 heavy (non-hydrogen) atoms. The summed E-state index contributed by atoms with van der Waals surface area (Å²) in [5, 5.41) is 10.8. The molecule has 0 spiro atoms. The maximum atomic E-state index is 12.7. The number of thiophene rings is 1. The Balaban J connectivity index is 1.60. The molecule has 4 bridgehead atoms. The smallest absolute Gasteiger partial charge is 0.250 e. The number of aliphatic hydroxyl groups is 1. The molecule has 4 aliphatic carbocycles. The van der Waals surface area contributed by atoms with Crippen LogP contribution >= 0.6 is 11.3 Å². The third kappa shape index (κ3) is 2.46. The van der Waals surface area contributed by atoms with Gasteiger partial charge in [-0.25, -0.2) is 13.1 Å². The molecule has 1 heterocycles. The van der Waals surface area contributed by atoms with E-state index in [4.69, 9.17) is 5.11 Å². The summed E-state index contributed by atoms with van der Waals surface area (Å²) in [6.07, 6.45) is 6.93. The highest BCUT2D eigenvalue weighted by Gasteiger charge is 2.52. The van der Waals surface area contributed by atoms with Crippen molar-refractivity contribution >= 4 is 21.4 Å². The molecule has 4 aliphatic rings. The summed E-state index contributed by atoms with van der Waals surface area (Å²) in [6, 6.07) is 1.59. The average molecular weight is 327 g/mol. The Morgan fingerprint density at radius 1 is 1.19 bits per heavy atom. The second-order valence-electron chi connectivity index (χ2n) is 7.24. The molecule has 0 unspecified atom stereocenters. The molecule has 0 amide bonds. The molecule has 4 saturated carbocycles. The van der Waals surface area contributed by atoms with Gasteiger partial charge >= 0.3 is 0 Å². The van der Waals surface area contributed by atoms with Crippen molar-refractivity contribution in [3.63, 3.8) is 0 Å². The van der Waals surface area contributed by atoms with Crippen LogP contribution in [0, 0.1) is 17.8 Å². The van der Waals surface area contributed by atoms with Gasteiger partial charge in [-0.15, -0.1) is 11.3 Å². The van der Waals surface area contributed by atoms with Crippen LogP contribution in [0.15, 0.2) is 15.7 Å². The van der Waals surface area contributed by atoms with Crippen LogP contribution in [0.25, 0.3) is 0 Å². The van der Waals surface area contributed by atoms with Gasteiger partial charge in [0.05, 0.1) is 6.61 Å². The molecule has 4 fully saturated rings. The van der Waals surface area contributed by atoms with Gasteiger partial charge in [0.15, 0.2) is 0 Å². The first-order chi connectivity index (χ1) is 9.98. The van der Waals surface area contributed by atoms with E-state index >= 15 is 0 Å². The van der Waals surface area contributed by atoms with E-state index in [1.165, 1.54) is 30.6 Å². The van der Waals surface area contributed by atoms with E-state index in [1.54, 1.807) is 11.4 Å². The molecule has 2 N–H and O–H groups in total. The Morgan fingerprint density at radius 2 is 1.76 bits per heavy atom. The molecule has 0 saturated heterocycles. The highest BCUT2D eigenvalue weighted by atomic mass is 32.2. The van der Waals surface area contributed by atoms with Gasteiger partial charge < -0.3 is 5.11 Å². The Bertz CT molecular complexity index is 614. The largest absolute Gasteiger partial charge is 0.392 e. The van der Waals surface area contributed by atoms with Gasteiger partial charge in [0.25, 0.3) is 10.0 Å². The summed E-state index contributed by atoms with van der Waals surface area (Å²) >= 11 is 1.20. The summed E-state index contributed by atoms with van der Waals surface area (Å²) in [4.78, 5) is 0. The first-order valence-electron chi connectivity index (χ1n) is 7.70. The maximum absolute atomic E-state index is 12.7. The lowest BCUT2D eigenvalue weighted by Crippen LogP contribution is -2.59. The minimum atomic E-state index is -3.45. The van der Waals surface area contributed by atoms with Crippen LogP contribution in [-0.2, 0) is 16.6 Å². The Labute approximate surface area is 129 Å². The molecule has 0 aromatic carbocycles. The van der Waals surface area contributed by atoms with Gasteiger partial charge in [-0.05, 0) is 73.3 Å². The van der Waals surface area contributed by atoms with Gasteiger partial charge in [0.2, 0.25) is 0 Å². The number of aliphatic hydroxyl groups excluding tert-OH is 1. The second kappa shape index (κ2) is 4.78. The predicted molar refractivity (Wildman–Crippen MR) is 81.5 cm³/mol. The van der Waals surface area contributed by atoms with Crippen LogP contribution in [0.2, 0.25) is 0 Å².